The maximum atomic E-state index is 9.57. The molecular formula is C14H20N4S. The zero-order valence-electron chi connectivity index (χ0n) is 11.5. The molecule has 102 valence electrons. The van der Waals surface area contributed by atoms with Gasteiger partial charge in [-0.1, -0.05) is 18.7 Å². The lowest BCUT2D eigenvalue weighted by molar-refractivity contribution is 0.405. The van der Waals surface area contributed by atoms with Crippen molar-refractivity contribution >= 4 is 11.8 Å². The van der Waals surface area contributed by atoms with Crippen LogP contribution in [-0.4, -0.2) is 27.8 Å². The van der Waals surface area contributed by atoms with Crippen LogP contribution in [0, 0.1) is 24.2 Å². The highest BCUT2D eigenvalue weighted by molar-refractivity contribution is 7.99. The van der Waals surface area contributed by atoms with Gasteiger partial charge in [0.1, 0.15) is 5.54 Å². The van der Waals surface area contributed by atoms with E-state index in [9.17, 15) is 5.26 Å². The first kappa shape index (κ1) is 14.3. The van der Waals surface area contributed by atoms with Crippen LogP contribution in [0.4, 0.5) is 0 Å². The average molecular weight is 276 g/mol. The third-order valence-electron chi connectivity index (χ3n) is 3.35. The minimum Gasteiger partial charge on any atom is -0.298 e. The molecule has 2 rings (SSSR count). The first-order chi connectivity index (χ1) is 9.20. The number of nitriles is 1. The van der Waals surface area contributed by atoms with Crippen molar-refractivity contribution in [2.24, 2.45) is 5.92 Å². The van der Waals surface area contributed by atoms with E-state index in [1.54, 1.807) is 11.8 Å². The van der Waals surface area contributed by atoms with Gasteiger partial charge in [0.15, 0.2) is 5.16 Å². The predicted octanol–water partition coefficient (Wildman–Crippen LogP) is 2.55. The fraction of sp³-hybridized carbons (Fsp3) is 0.643. The van der Waals surface area contributed by atoms with Crippen LogP contribution < -0.4 is 5.32 Å². The molecule has 1 aromatic heterocycles. The molecule has 1 fully saturated rings. The number of nitrogens with zero attached hydrogens (tertiary/aromatic N) is 3. The molecule has 0 bridgehead atoms. The van der Waals surface area contributed by atoms with E-state index >= 15 is 0 Å². The molecule has 0 amide bonds. The summed E-state index contributed by atoms with van der Waals surface area (Å²) in [6, 6.07) is 2.51. The van der Waals surface area contributed by atoms with Crippen LogP contribution in [0.3, 0.4) is 0 Å². The third-order valence-corrected chi connectivity index (χ3v) is 4.42. The summed E-state index contributed by atoms with van der Waals surface area (Å²) in [7, 11) is 0. The maximum absolute atomic E-state index is 9.57. The Hall–Kier alpha value is -1.12. The number of thioether (sulfide) groups is 1. The Balaban J connectivity index is 2.00. The van der Waals surface area contributed by atoms with E-state index in [-0.39, 0.29) is 0 Å². The highest BCUT2D eigenvalue weighted by Gasteiger charge is 2.45. The summed E-state index contributed by atoms with van der Waals surface area (Å²) in [4.78, 5) is 8.58. The summed E-state index contributed by atoms with van der Waals surface area (Å²) in [5, 5.41) is 13.8. The van der Waals surface area contributed by atoms with Crippen LogP contribution in [0.25, 0.3) is 0 Å². The summed E-state index contributed by atoms with van der Waals surface area (Å²) in [5.41, 5.74) is 0.650. The Morgan fingerprint density at radius 2 is 2.16 bits per heavy atom. The van der Waals surface area contributed by atoms with Crippen LogP contribution in [0.2, 0.25) is 0 Å². The molecule has 1 saturated carbocycles. The minimum atomic E-state index is -0.408. The summed E-state index contributed by atoms with van der Waals surface area (Å²) < 4.78 is 0. The number of rotatable bonds is 7. The van der Waals surface area contributed by atoms with Gasteiger partial charge in [-0.2, -0.15) is 5.26 Å². The maximum Gasteiger partial charge on any atom is 0.187 e. The van der Waals surface area contributed by atoms with E-state index in [0.29, 0.717) is 5.92 Å². The van der Waals surface area contributed by atoms with Crippen molar-refractivity contribution in [3.63, 3.8) is 0 Å². The molecule has 1 N–H and O–H groups in total. The van der Waals surface area contributed by atoms with Gasteiger partial charge < -0.3 is 0 Å². The second-order valence-corrected chi connectivity index (χ2v) is 6.06. The minimum absolute atomic E-state index is 0.408. The molecule has 1 aliphatic carbocycles. The second-order valence-electron chi connectivity index (χ2n) is 5.12. The molecule has 19 heavy (non-hydrogen) atoms. The Labute approximate surface area is 119 Å². The van der Waals surface area contributed by atoms with E-state index in [1.165, 1.54) is 0 Å². The number of hydrogen-bond acceptors (Lipinski definition) is 5. The fourth-order valence-corrected chi connectivity index (χ4v) is 3.05. The summed E-state index contributed by atoms with van der Waals surface area (Å²) >= 11 is 1.57. The molecule has 0 radical (unpaired) electrons. The van der Waals surface area contributed by atoms with Crippen molar-refractivity contribution < 1.29 is 0 Å². The lowest BCUT2D eigenvalue weighted by Gasteiger charge is -2.27. The van der Waals surface area contributed by atoms with Gasteiger partial charge in [-0.25, -0.2) is 9.97 Å². The fourth-order valence-electron chi connectivity index (χ4n) is 2.03. The van der Waals surface area contributed by atoms with Gasteiger partial charge >= 0.3 is 0 Å². The quantitative estimate of drug-likeness (QED) is 0.612. The monoisotopic (exact) mass is 276 g/mol. The van der Waals surface area contributed by atoms with Crippen molar-refractivity contribution in [1.82, 2.24) is 15.3 Å². The smallest absolute Gasteiger partial charge is 0.187 e. The molecule has 0 saturated heterocycles. The first-order valence-electron chi connectivity index (χ1n) is 6.78. The summed E-state index contributed by atoms with van der Waals surface area (Å²) in [5.74, 6) is 1.21. The third kappa shape index (κ3) is 3.68. The van der Waals surface area contributed by atoms with Gasteiger partial charge in [-0.15, -0.1) is 0 Å². The van der Waals surface area contributed by atoms with Crippen LogP contribution in [0.15, 0.2) is 17.6 Å². The molecule has 0 aliphatic heterocycles. The molecule has 1 heterocycles. The van der Waals surface area contributed by atoms with E-state index in [0.717, 1.165) is 42.3 Å². The molecule has 1 atom stereocenters. The zero-order chi connectivity index (χ0) is 13.7. The van der Waals surface area contributed by atoms with Crippen molar-refractivity contribution in [2.75, 3.05) is 12.3 Å². The van der Waals surface area contributed by atoms with E-state index in [1.807, 2.05) is 19.3 Å². The van der Waals surface area contributed by atoms with Crippen molar-refractivity contribution in [3.05, 3.63) is 18.0 Å². The van der Waals surface area contributed by atoms with Crippen LogP contribution >= 0.6 is 11.8 Å². The van der Waals surface area contributed by atoms with Crippen LogP contribution in [-0.2, 0) is 0 Å². The highest BCUT2D eigenvalue weighted by atomic mass is 32.2. The normalized spacial score (nSPS) is 17.7. The van der Waals surface area contributed by atoms with Gasteiger partial charge in [-0.3, -0.25) is 5.32 Å². The Morgan fingerprint density at radius 1 is 1.47 bits per heavy atom. The van der Waals surface area contributed by atoms with E-state index < -0.39 is 5.54 Å². The number of aryl methyl sites for hydroxylation is 1. The Kier molecular flexibility index (Phi) is 4.78. The predicted molar refractivity (Wildman–Crippen MR) is 76.9 cm³/mol. The SMILES string of the molecule is CCCNC(C#N)(CSc1ncc(C)cn1)C1CC1. The van der Waals surface area contributed by atoms with E-state index in [2.05, 4.69) is 28.3 Å². The molecule has 5 heteroatoms. The Bertz CT molecular complexity index is 450. The lowest BCUT2D eigenvalue weighted by atomic mass is 9.97. The molecule has 0 spiro atoms. The van der Waals surface area contributed by atoms with Gasteiger partial charge in [0, 0.05) is 18.1 Å². The molecule has 1 aliphatic rings. The molecule has 0 aromatic carbocycles. The van der Waals surface area contributed by atoms with Crippen LogP contribution in [0.1, 0.15) is 31.7 Å². The molecule has 1 aromatic rings. The number of nitrogens with one attached hydrogen (secondary N) is 1. The van der Waals surface area contributed by atoms with Crippen molar-refractivity contribution in [1.29, 1.82) is 5.26 Å². The topological polar surface area (TPSA) is 61.6 Å². The van der Waals surface area contributed by atoms with Crippen molar-refractivity contribution in [3.8, 4) is 6.07 Å². The first-order valence-corrected chi connectivity index (χ1v) is 7.76. The lowest BCUT2D eigenvalue weighted by Crippen LogP contribution is -2.48. The van der Waals surface area contributed by atoms with E-state index in [4.69, 9.17) is 0 Å². The zero-order valence-corrected chi connectivity index (χ0v) is 12.3. The van der Waals surface area contributed by atoms with Gasteiger partial charge in [0.05, 0.1) is 6.07 Å². The summed E-state index contributed by atoms with van der Waals surface area (Å²) in [6.07, 6.45) is 6.99. The molecule has 4 nitrogen and oxygen atoms in total. The number of aromatic nitrogens is 2. The largest absolute Gasteiger partial charge is 0.298 e. The van der Waals surface area contributed by atoms with Crippen molar-refractivity contribution in [2.45, 2.75) is 43.8 Å². The second kappa shape index (κ2) is 6.36. The number of hydrogen-bond donors (Lipinski definition) is 1. The van der Waals surface area contributed by atoms with Crippen LogP contribution in [0.5, 0.6) is 0 Å². The molecule has 1 unspecified atom stereocenters. The van der Waals surface area contributed by atoms with Gasteiger partial charge in [0.25, 0.3) is 0 Å². The average Bonchev–Trinajstić information content (AvgIpc) is 3.26. The summed E-state index contributed by atoms with van der Waals surface area (Å²) in [6.45, 7) is 4.98. The Morgan fingerprint density at radius 3 is 2.68 bits per heavy atom. The van der Waals surface area contributed by atoms with Gasteiger partial charge in [0.2, 0.25) is 0 Å². The molecular weight excluding hydrogens is 256 g/mol. The highest BCUT2D eigenvalue weighted by Crippen LogP contribution is 2.41. The van der Waals surface area contributed by atoms with Gasteiger partial charge in [-0.05, 0) is 44.2 Å². The standard InChI is InChI=1S/C14H20N4S/c1-3-6-18-14(9-15,12-4-5-12)10-19-13-16-7-11(2)8-17-13/h7-8,12,18H,3-6,10H2,1-2H3.